The summed E-state index contributed by atoms with van der Waals surface area (Å²) in [7, 11) is 1.89. The molecule has 7 heteroatoms. The monoisotopic (exact) mass is 289 g/mol. The van der Waals surface area contributed by atoms with E-state index in [1.54, 1.807) is 21.3 Å². The number of rotatable bonds is 4. The van der Waals surface area contributed by atoms with Gasteiger partial charge in [-0.25, -0.2) is 4.98 Å². The molecule has 3 rings (SSSR count). The summed E-state index contributed by atoms with van der Waals surface area (Å²) < 4.78 is 3.33. The first-order valence-corrected chi connectivity index (χ1v) is 7.19. The SMILES string of the molecule is CC(NCc1cc(=O)n2ccsc2n1)c1cnn(C)c1. The number of aromatic nitrogens is 4. The summed E-state index contributed by atoms with van der Waals surface area (Å²) in [5.74, 6) is 0. The Morgan fingerprint density at radius 3 is 3.10 bits per heavy atom. The van der Waals surface area contributed by atoms with E-state index < -0.39 is 0 Å². The van der Waals surface area contributed by atoms with Gasteiger partial charge in [-0.15, -0.1) is 11.3 Å². The summed E-state index contributed by atoms with van der Waals surface area (Å²) in [6.07, 6.45) is 5.55. The largest absolute Gasteiger partial charge is 0.304 e. The molecule has 1 N–H and O–H groups in total. The molecule has 3 aromatic heterocycles. The van der Waals surface area contributed by atoms with Crippen LogP contribution in [0.3, 0.4) is 0 Å². The summed E-state index contributed by atoms with van der Waals surface area (Å²) >= 11 is 1.46. The molecule has 0 aliphatic carbocycles. The highest BCUT2D eigenvalue weighted by Gasteiger charge is 2.08. The third kappa shape index (κ3) is 2.50. The van der Waals surface area contributed by atoms with Gasteiger partial charge in [-0.1, -0.05) is 0 Å². The van der Waals surface area contributed by atoms with Gasteiger partial charge in [0.1, 0.15) is 0 Å². The van der Waals surface area contributed by atoms with Gasteiger partial charge in [0.05, 0.1) is 11.9 Å². The predicted octanol–water partition coefficient (Wildman–Crippen LogP) is 1.34. The third-order valence-corrected chi connectivity index (χ3v) is 3.93. The normalized spacial score (nSPS) is 12.9. The van der Waals surface area contributed by atoms with Gasteiger partial charge in [0.2, 0.25) is 0 Å². The lowest BCUT2D eigenvalue weighted by molar-refractivity contribution is 0.567. The Morgan fingerprint density at radius 2 is 2.35 bits per heavy atom. The standard InChI is InChI=1S/C13H15N5OS/c1-9(10-6-15-17(2)8-10)14-7-11-5-12(19)18-3-4-20-13(18)16-11/h3-6,8-9,14H,7H2,1-2H3. The Hall–Kier alpha value is -1.99. The second kappa shape index (κ2) is 5.18. The molecule has 0 aromatic carbocycles. The van der Waals surface area contributed by atoms with Crippen molar-refractivity contribution in [2.24, 2.45) is 7.05 Å². The van der Waals surface area contributed by atoms with Gasteiger partial charge in [-0.3, -0.25) is 13.9 Å². The van der Waals surface area contributed by atoms with Crippen LogP contribution in [0.5, 0.6) is 0 Å². The minimum absolute atomic E-state index is 0.0397. The van der Waals surface area contributed by atoms with Crippen molar-refractivity contribution in [3.8, 4) is 0 Å². The van der Waals surface area contributed by atoms with Crippen molar-refractivity contribution >= 4 is 16.3 Å². The predicted molar refractivity (Wildman–Crippen MR) is 77.8 cm³/mol. The maximum absolute atomic E-state index is 11.9. The van der Waals surface area contributed by atoms with Crippen molar-refractivity contribution in [2.75, 3.05) is 0 Å². The summed E-state index contributed by atoms with van der Waals surface area (Å²) in [5, 5.41) is 9.36. The minimum atomic E-state index is -0.0397. The molecule has 3 aromatic rings. The highest BCUT2D eigenvalue weighted by molar-refractivity contribution is 7.15. The minimum Gasteiger partial charge on any atom is -0.304 e. The molecule has 104 valence electrons. The lowest BCUT2D eigenvalue weighted by atomic mass is 10.2. The Labute approximate surface area is 119 Å². The first-order chi connectivity index (χ1) is 9.63. The van der Waals surface area contributed by atoms with Crippen LogP contribution >= 0.6 is 11.3 Å². The van der Waals surface area contributed by atoms with Crippen LogP contribution in [0.15, 0.2) is 34.8 Å². The highest BCUT2D eigenvalue weighted by Crippen LogP contribution is 2.11. The van der Waals surface area contributed by atoms with Crippen LogP contribution in [0.2, 0.25) is 0 Å². The van der Waals surface area contributed by atoms with Crippen molar-refractivity contribution in [1.82, 2.24) is 24.5 Å². The molecule has 20 heavy (non-hydrogen) atoms. The van der Waals surface area contributed by atoms with Crippen LogP contribution in [0.25, 0.3) is 4.96 Å². The summed E-state index contributed by atoms with van der Waals surface area (Å²) in [6.45, 7) is 2.62. The Balaban J connectivity index is 1.75. The molecule has 6 nitrogen and oxygen atoms in total. The van der Waals surface area contributed by atoms with E-state index >= 15 is 0 Å². The molecule has 3 heterocycles. The maximum atomic E-state index is 11.9. The number of nitrogens with zero attached hydrogens (tertiary/aromatic N) is 4. The van der Waals surface area contributed by atoms with Gasteiger partial charge in [-0.05, 0) is 6.92 Å². The van der Waals surface area contributed by atoms with E-state index in [0.29, 0.717) is 6.54 Å². The van der Waals surface area contributed by atoms with E-state index in [4.69, 9.17) is 0 Å². The average Bonchev–Trinajstić information content (AvgIpc) is 3.04. The van der Waals surface area contributed by atoms with Gasteiger partial charge in [0, 0.05) is 49.0 Å². The van der Waals surface area contributed by atoms with Gasteiger partial charge in [0.25, 0.3) is 5.56 Å². The zero-order chi connectivity index (χ0) is 14.1. The smallest absolute Gasteiger partial charge is 0.258 e. The van der Waals surface area contributed by atoms with E-state index in [0.717, 1.165) is 16.2 Å². The quantitative estimate of drug-likeness (QED) is 0.787. The lowest BCUT2D eigenvalue weighted by Gasteiger charge is -2.11. The van der Waals surface area contributed by atoms with Crippen LogP contribution in [0.1, 0.15) is 24.2 Å². The summed E-state index contributed by atoms with van der Waals surface area (Å²) in [5.41, 5.74) is 1.83. The Morgan fingerprint density at radius 1 is 1.50 bits per heavy atom. The van der Waals surface area contributed by atoms with Gasteiger partial charge in [0.15, 0.2) is 4.96 Å². The van der Waals surface area contributed by atoms with Gasteiger partial charge in [-0.2, -0.15) is 5.10 Å². The molecule has 1 atom stereocenters. The first-order valence-electron chi connectivity index (χ1n) is 6.31. The first kappa shape index (κ1) is 13.0. The highest BCUT2D eigenvalue weighted by atomic mass is 32.1. The maximum Gasteiger partial charge on any atom is 0.258 e. The molecule has 0 radical (unpaired) electrons. The topological polar surface area (TPSA) is 64.2 Å². The van der Waals surface area contributed by atoms with Crippen molar-refractivity contribution < 1.29 is 0 Å². The molecular formula is C13H15N5OS. The average molecular weight is 289 g/mol. The molecular weight excluding hydrogens is 274 g/mol. The van der Waals surface area contributed by atoms with E-state index in [9.17, 15) is 4.79 Å². The number of fused-ring (bicyclic) bond motifs is 1. The molecule has 1 unspecified atom stereocenters. The van der Waals surface area contributed by atoms with Crippen molar-refractivity contribution in [2.45, 2.75) is 19.5 Å². The fourth-order valence-corrected chi connectivity index (χ4v) is 2.76. The second-order valence-electron chi connectivity index (χ2n) is 4.69. The van der Waals surface area contributed by atoms with Gasteiger partial charge >= 0.3 is 0 Å². The molecule has 0 spiro atoms. The fourth-order valence-electron chi connectivity index (χ4n) is 2.02. The summed E-state index contributed by atoms with van der Waals surface area (Å²) in [4.78, 5) is 17.1. The number of aryl methyl sites for hydroxylation is 1. The van der Waals surface area contributed by atoms with Crippen molar-refractivity contribution in [3.05, 3.63) is 51.6 Å². The van der Waals surface area contributed by atoms with Crippen LogP contribution < -0.4 is 10.9 Å². The number of hydrogen-bond donors (Lipinski definition) is 1. The van der Waals surface area contributed by atoms with Crippen LogP contribution in [-0.2, 0) is 13.6 Å². The zero-order valence-electron chi connectivity index (χ0n) is 11.3. The second-order valence-corrected chi connectivity index (χ2v) is 5.56. The van der Waals surface area contributed by atoms with Crippen molar-refractivity contribution in [3.63, 3.8) is 0 Å². The molecule has 0 saturated heterocycles. The summed E-state index contributed by atoms with van der Waals surface area (Å²) in [6, 6.07) is 1.73. The third-order valence-electron chi connectivity index (χ3n) is 3.17. The van der Waals surface area contributed by atoms with Gasteiger partial charge < -0.3 is 5.32 Å². The van der Waals surface area contributed by atoms with E-state index in [1.807, 2.05) is 24.8 Å². The Bertz CT molecular complexity index is 787. The van der Waals surface area contributed by atoms with Crippen LogP contribution in [0.4, 0.5) is 0 Å². The number of hydrogen-bond acceptors (Lipinski definition) is 5. The van der Waals surface area contributed by atoms with Crippen molar-refractivity contribution in [1.29, 1.82) is 0 Å². The molecule has 0 saturated carbocycles. The Kier molecular flexibility index (Phi) is 3.37. The molecule has 0 bridgehead atoms. The molecule has 0 fully saturated rings. The molecule has 0 aliphatic rings. The van der Waals surface area contributed by atoms with E-state index in [-0.39, 0.29) is 11.6 Å². The lowest BCUT2D eigenvalue weighted by Crippen LogP contribution is -2.21. The molecule has 0 aliphatic heterocycles. The fraction of sp³-hybridized carbons (Fsp3) is 0.308. The van der Waals surface area contributed by atoms with Crippen LogP contribution in [-0.4, -0.2) is 19.2 Å². The molecule has 0 amide bonds. The van der Waals surface area contributed by atoms with Crippen LogP contribution in [0, 0.1) is 0 Å². The number of thiazole rings is 1. The van der Waals surface area contributed by atoms with E-state index in [2.05, 4.69) is 22.3 Å². The zero-order valence-corrected chi connectivity index (χ0v) is 12.1. The van der Waals surface area contributed by atoms with E-state index in [1.165, 1.54) is 11.3 Å². The number of nitrogens with one attached hydrogen (secondary N) is 1.